The molecule has 0 atom stereocenters. The summed E-state index contributed by atoms with van der Waals surface area (Å²) < 4.78 is 1.64. The molecule has 0 amide bonds. The first kappa shape index (κ1) is 12.2. The second-order valence-corrected chi connectivity index (χ2v) is 5.61. The topological polar surface area (TPSA) is 89.1 Å². The predicted octanol–water partition coefficient (Wildman–Crippen LogP) is 1.60. The highest BCUT2D eigenvalue weighted by atomic mass is 16.1. The van der Waals surface area contributed by atoms with Crippen molar-refractivity contribution in [2.24, 2.45) is 5.92 Å². The number of rotatable bonds is 1. The van der Waals surface area contributed by atoms with Gasteiger partial charge in [0.2, 0.25) is 5.95 Å². The Labute approximate surface area is 111 Å². The zero-order valence-electron chi connectivity index (χ0n) is 11.3. The minimum atomic E-state index is -0.215. The average molecular weight is 261 g/mol. The van der Waals surface area contributed by atoms with Crippen LogP contribution in [0.2, 0.25) is 0 Å². The van der Waals surface area contributed by atoms with E-state index in [1.54, 1.807) is 4.52 Å². The third-order valence-electron chi connectivity index (χ3n) is 4.10. The van der Waals surface area contributed by atoms with E-state index >= 15 is 0 Å². The number of aromatic amines is 1. The second kappa shape index (κ2) is 4.36. The molecule has 0 unspecified atom stereocenters. The van der Waals surface area contributed by atoms with Crippen molar-refractivity contribution in [3.63, 3.8) is 0 Å². The van der Waals surface area contributed by atoms with Crippen molar-refractivity contribution in [1.82, 2.24) is 19.6 Å². The summed E-state index contributed by atoms with van der Waals surface area (Å²) in [6.07, 6.45) is 4.62. The van der Waals surface area contributed by atoms with Crippen molar-refractivity contribution in [1.29, 1.82) is 0 Å². The van der Waals surface area contributed by atoms with Crippen LogP contribution in [0.1, 0.15) is 50.0 Å². The van der Waals surface area contributed by atoms with Crippen LogP contribution in [0, 0.1) is 12.8 Å². The molecule has 6 nitrogen and oxygen atoms in total. The Morgan fingerprint density at radius 3 is 2.68 bits per heavy atom. The van der Waals surface area contributed by atoms with Crippen LogP contribution in [0.5, 0.6) is 0 Å². The summed E-state index contributed by atoms with van der Waals surface area (Å²) in [5.41, 5.74) is 6.67. The highest BCUT2D eigenvalue weighted by Crippen LogP contribution is 2.35. The molecule has 2 heterocycles. The van der Waals surface area contributed by atoms with Gasteiger partial charge in [-0.25, -0.2) is 9.50 Å². The Kier molecular flexibility index (Phi) is 2.80. The summed E-state index contributed by atoms with van der Waals surface area (Å²) >= 11 is 0. The highest BCUT2D eigenvalue weighted by Gasteiger charge is 2.25. The molecule has 0 aromatic carbocycles. The zero-order chi connectivity index (χ0) is 13.6. The van der Waals surface area contributed by atoms with Gasteiger partial charge in [0, 0.05) is 5.92 Å². The SMILES string of the molecule is Cc1nc(C2CCC(C)CC2)n2nc(N)[nH]c(=O)c12. The molecule has 1 aliphatic carbocycles. The summed E-state index contributed by atoms with van der Waals surface area (Å²) in [5.74, 6) is 2.19. The van der Waals surface area contributed by atoms with Crippen molar-refractivity contribution < 1.29 is 0 Å². The molecular formula is C13H19N5O. The van der Waals surface area contributed by atoms with Crippen molar-refractivity contribution in [2.45, 2.75) is 45.4 Å². The molecule has 2 aromatic rings. The summed E-state index contributed by atoms with van der Waals surface area (Å²) in [6, 6.07) is 0. The van der Waals surface area contributed by atoms with Crippen LogP contribution < -0.4 is 11.3 Å². The maximum absolute atomic E-state index is 11.9. The minimum Gasteiger partial charge on any atom is -0.368 e. The lowest BCUT2D eigenvalue weighted by Gasteiger charge is -2.24. The molecule has 1 fully saturated rings. The van der Waals surface area contributed by atoms with Gasteiger partial charge in [-0.3, -0.25) is 9.78 Å². The smallest absolute Gasteiger partial charge is 0.278 e. The van der Waals surface area contributed by atoms with Gasteiger partial charge in [-0.05, 0) is 25.7 Å². The highest BCUT2D eigenvalue weighted by molar-refractivity contribution is 5.51. The van der Waals surface area contributed by atoms with E-state index in [1.807, 2.05) is 6.92 Å². The molecule has 0 bridgehead atoms. The lowest BCUT2D eigenvalue weighted by Crippen LogP contribution is -2.19. The Balaban J connectivity index is 2.12. The van der Waals surface area contributed by atoms with Gasteiger partial charge >= 0.3 is 0 Å². The van der Waals surface area contributed by atoms with Crippen LogP contribution in [0.4, 0.5) is 5.95 Å². The number of aromatic nitrogens is 4. The van der Waals surface area contributed by atoms with E-state index in [-0.39, 0.29) is 11.5 Å². The minimum absolute atomic E-state index is 0.139. The van der Waals surface area contributed by atoms with E-state index in [1.165, 1.54) is 12.8 Å². The molecule has 6 heteroatoms. The summed E-state index contributed by atoms with van der Waals surface area (Å²) in [4.78, 5) is 19.0. The molecule has 1 saturated carbocycles. The maximum Gasteiger partial charge on any atom is 0.278 e. The number of imidazole rings is 1. The van der Waals surface area contributed by atoms with Gasteiger partial charge in [0.05, 0.1) is 5.69 Å². The number of nitrogens with one attached hydrogen (secondary N) is 1. The third kappa shape index (κ3) is 2.01. The average Bonchev–Trinajstić information content (AvgIpc) is 2.67. The van der Waals surface area contributed by atoms with Gasteiger partial charge in [-0.15, -0.1) is 5.10 Å². The van der Waals surface area contributed by atoms with Gasteiger partial charge in [0.1, 0.15) is 5.82 Å². The van der Waals surface area contributed by atoms with E-state index in [0.717, 1.165) is 30.3 Å². The summed E-state index contributed by atoms with van der Waals surface area (Å²) in [6.45, 7) is 4.13. The molecule has 0 spiro atoms. The molecule has 19 heavy (non-hydrogen) atoms. The number of nitrogens with two attached hydrogens (primary N) is 1. The quantitative estimate of drug-likeness (QED) is 0.816. The van der Waals surface area contributed by atoms with Crippen molar-refractivity contribution >= 4 is 11.5 Å². The standard InChI is InChI=1S/C13H19N5O/c1-7-3-5-9(6-4-7)11-15-8(2)10-12(19)16-13(14)17-18(10)11/h7,9H,3-6H2,1-2H3,(H3,14,16,17,19). The largest absolute Gasteiger partial charge is 0.368 e. The fraction of sp³-hybridized carbons (Fsp3) is 0.615. The first-order chi connectivity index (χ1) is 9.06. The Hall–Kier alpha value is -1.85. The molecule has 2 aromatic heterocycles. The van der Waals surface area contributed by atoms with Crippen molar-refractivity contribution in [3.05, 3.63) is 21.9 Å². The number of hydrogen-bond donors (Lipinski definition) is 2. The monoisotopic (exact) mass is 261 g/mol. The molecule has 0 aliphatic heterocycles. The molecule has 3 rings (SSSR count). The third-order valence-corrected chi connectivity index (χ3v) is 4.10. The number of fused-ring (bicyclic) bond motifs is 1. The summed E-state index contributed by atoms with van der Waals surface area (Å²) in [5, 5.41) is 4.23. The number of aryl methyl sites for hydroxylation is 1. The Morgan fingerprint density at radius 2 is 2.00 bits per heavy atom. The number of hydrogen-bond acceptors (Lipinski definition) is 4. The normalized spacial score (nSPS) is 23.9. The van der Waals surface area contributed by atoms with E-state index < -0.39 is 0 Å². The van der Waals surface area contributed by atoms with Gasteiger partial charge < -0.3 is 5.73 Å². The van der Waals surface area contributed by atoms with Crippen LogP contribution in [-0.2, 0) is 0 Å². The van der Waals surface area contributed by atoms with Crippen molar-refractivity contribution in [3.8, 4) is 0 Å². The van der Waals surface area contributed by atoms with Gasteiger partial charge in [-0.2, -0.15) is 0 Å². The van der Waals surface area contributed by atoms with Crippen LogP contribution >= 0.6 is 0 Å². The predicted molar refractivity (Wildman–Crippen MR) is 73.1 cm³/mol. The number of H-pyrrole nitrogens is 1. The van der Waals surface area contributed by atoms with Gasteiger partial charge in [0.15, 0.2) is 5.52 Å². The van der Waals surface area contributed by atoms with E-state index in [0.29, 0.717) is 11.4 Å². The first-order valence-corrected chi connectivity index (χ1v) is 6.81. The van der Waals surface area contributed by atoms with E-state index in [2.05, 4.69) is 22.0 Å². The fourth-order valence-corrected chi connectivity index (χ4v) is 2.99. The van der Waals surface area contributed by atoms with Gasteiger partial charge in [0.25, 0.3) is 5.56 Å². The molecular weight excluding hydrogens is 242 g/mol. The number of nitrogens with zero attached hydrogens (tertiary/aromatic N) is 3. The molecule has 1 aliphatic rings. The lowest BCUT2D eigenvalue weighted by atomic mass is 9.83. The Morgan fingerprint density at radius 1 is 1.32 bits per heavy atom. The second-order valence-electron chi connectivity index (χ2n) is 5.61. The van der Waals surface area contributed by atoms with Gasteiger partial charge in [-0.1, -0.05) is 19.8 Å². The lowest BCUT2D eigenvalue weighted by molar-refractivity contribution is 0.337. The molecule has 0 saturated heterocycles. The molecule has 102 valence electrons. The van der Waals surface area contributed by atoms with Crippen LogP contribution in [0.15, 0.2) is 4.79 Å². The molecule has 0 radical (unpaired) electrons. The van der Waals surface area contributed by atoms with E-state index in [9.17, 15) is 4.79 Å². The number of anilines is 1. The maximum atomic E-state index is 11.9. The fourth-order valence-electron chi connectivity index (χ4n) is 2.99. The first-order valence-electron chi connectivity index (χ1n) is 6.81. The van der Waals surface area contributed by atoms with Crippen molar-refractivity contribution in [2.75, 3.05) is 5.73 Å². The van der Waals surface area contributed by atoms with E-state index in [4.69, 9.17) is 5.73 Å². The van der Waals surface area contributed by atoms with Crippen LogP contribution in [0.25, 0.3) is 5.52 Å². The van der Waals surface area contributed by atoms with Crippen LogP contribution in [-0.4, -0.2) is 19.6 Å². The zero-order valence-corrected chi connectivity index (χ0v) is 11.3. The van der Waals surface area contributed by atoms with Crippen LogP contribution in [0.3, 0.4) is 0 Å². The Bertz CT molecular complexity index is 663. The molecule has 3 N–H and O–H groups in total. The summed E-state index contributed by atoms with van der Waals surface area (Å²) in [7, 11) is 0. The number of nitrogen functional groups attached to an aromatic ring is 1.